The van der Waals surface area contributed by atoms with E-state index in [9.17, 15) is 5.11 Å². The third kappa shape index (κ3) is 2.42. The van der Waals surface area contributed by atoms with E-state index in [4.69, 9.17) is 9.72 Å². The van der Waals surface area contributed by atoms with Gasteiger partial charge in [0, 0.05) is 24.6 Å². The van der Waals surface area contributed by atoms with Crippen LogP contribution in [0.4, 0.5) is 0 Å². The summed E-state index contributed by atoms with van der Waals surface area (Å²) >= 11 is 0. The predicted molar refractivity (Wildman–Crippen MR) is 81.3 cm³/mol. The van der Waals surface area contributed by atoms with Crippen LogP contribution in [0.5, 0.6) is 5.75 Å². The number of aromatic hydroxyl groups is 1. The molecule has 112 valence electrons. The van der Waals surface area contributed by atoms with Gasteiger partial charge in [-0.2, -0.15) is 0 Å². The maximum Gasteiger partial charge on any atom is 0.197 e. The second kappa shape index (κ2) is 5.38. The number of hydrogen-bond acceptors (Lipinski definition) is 5. The molecule has 1 N–H and O–H groups in total. The molecule has 0 bridgehead atoms. The fraction of sp³-hybridized carbons (Fsp3) is 0.312. The monoisotopic (exact) mass is 296 g/mol. The SMILES string of the molecule is Oc1ccc(-c2cnc3ncn(CC4CCOC4)c3n2)cc1. The molecular weight excluding hydrogens is 280 g/mol. The zero-order valence-corrected chi connectivity index (χ0v) is 12.0. The minimum absolute atomic E-state index is 0.240. The van der Waals surface area contributed by atoms with Crippen molar-refractivity contribution in [1.82, 2.24) is 19.5 Å². The fourth-order valence-corrected chi connectivity index (χ4v) is 2.75. The third-order valence-corrected chi connectivity index (χ3v) is 3.97. The molecule has 3 aromatic rings. The molecule has 1 fully saturated rings. The van der Waals surface area contributed by atoms with Crippen LogP contribution >= 0.6 is 0 Å². The molecular formula is C16H16N4O2. The van der Waals surface area contributed by atoms with E-state index < -0.39 is 0 Å². The molecule has 0 aliphatic carbocycles. The van der Waals surface area contributed by atoms with Crippen molar-refractivity contribution >= 4 is 11.3 Å². The fourth-order valence-electron chi connectivity index (χ4n) is 2.75. The Morgan fingerprint density at radius 2 is 2.09 bits per heavy atom. The van der Waals surface area contributed by atoms with Crippen molar-refractivity contribution in [3.05, 3.63) is 36.8 Å². The number of imidazole rings is 1. The summed E-state index contributed by atoms with van der Waals surface area (Å²) in [6, 6.07) is 6.95. The molecule has 22 heavy (non-hydrogen) atoms. The second-order valence-electron chi connectivity index (χ2n) is 5.58. The van der Waals surface area contributed by atoms with Crippen molar-refractivity contribution in [3.8, 4) is 17.0 Å². The van der Waals surface area contributed by atoms with Crippen molar-refractivity contribution < 1.29 is 9.84 Å². The van der Waals surface area contributed by atoms with E-state index in [2.05, 4.69) is 9.97 Å². The lowest BCUT2D eigenvalue weighted by atomic mass is 10.1. The summed E-state index contributed by atoms with van der Waals surface area (Å²) < 4.78 is 7.48. The van der Waals surface area contributed by atoms with Crippen LogP contribution in [0.2, 0.25) is 0 Å². The normalized spacial score (nSPS) is 18.1. The third-order valence-electron chi connectivity index (χ3n) is 3.97. The largest absolute Gasteiger partial charge is 0.508 e. The minimum atomic E-state index is 0.240. The predicted octanol–water partition coefficient (Wildman–Crippen LogP) is 2.24. The first-order valence-electron chi connectivity index (χ1n) is 7.34. The van der Waals surface area contributed by atoms with E-state index in [1.165, 1.54) is 0 Å². The number of phenols is 1. The van der Waals surface area contributed by atoms with Crippen LogP contribution in [0.25, 0.3) is 22.6 Å². The van der Waals surface area contributed by atoms with Gasteiger partial charge in [-0.15, -0.1) is 0 Å². The molecule has 0 amide bonds. The quantitative estimate of drug-likeness (QED) is 0.802. The van der Waals surface area contributed by atoms with Crippen LogP contribution in [0, 0.1) is 5.92 Å². The maximum atomic E-state index is 9.38. The van der Waals surface area contributed by atoms with Crippen LogP contribution in [0.15, 0.2) is 36.8 Å². The van der Waals surface area contributed by atoms with Gasteiger partial charge in [-0.3, -0.25) is 0 Å². The van der Waals surface area contributed by atoms with Crippen molar-refractivity contribution in [2.24, 2.45) is 5.92 Å². The highest BCUT2D eigenvalue weighted by Gasteiger charge is 2.18. The molecule has 1 aliphatic heterocycles. The standard InChI is InChI=1S/C16H16N4O2/c21-13-3-1-12(2-4-13)14-7-17-15-16(19-14)20(10-18-15)8-11-5-6-22-9-11/h1-4,7,10-11,21H,5-6,8-9H2. The van der Waals surface area contributed by atoms with Crippen molar-refractivity contribution in [1.29, 1.82) is 0 Å². The Morgan fingerprint density at radius 1 is 1.23 bits per heavy atom. The lowest BCUT2D eigenvalue weighted by Crippen LogP contribution is -2.10. The van der Waals surface area contributed by atoms with Crippen molar-refractivity contribution in [2.75, 3.05) is 13.2 Å². The summed E-state index contributed by atoms with van der Waals surface area (Å²) in [6.07, 6.45) is 4.58. The molecule has 1 saturated heterocycles. The number of aromatic nitrogens is 4. The molecule has 4 rings (SSSR count). The summed E-state index contributed by atoms with van der Waals surface area (Å²) in [5.74, 6) is 0.751. The summed E-state index contributed by atoms with van der Waals surface area (Å²) in [6.45, 7) is 2.48. The first-order chi connectivity index (χ1) is 10.8. The lowest BCUT2D eigenvalue weighted by Gasteiger charge is -2.09. The molecule has 3 heterocycles. The number of phenolic OH excluding ortho intramolecular Hbond substituents is 1. The van der Waals surface area contributed by atoms with Gasteiger partial charge in [-0.1, -0.05) is 0 Å². The molecule has 0 radical (unpaired) electrons. The highest BCUT2D eigenvalue weighted by Crippen LogP contribution is 2.22. The second-order valence-corrected chi connectivity index (χ2v) is 5.58. The summed E-state index contributed by atoms with van der Waals surface area (Å²) in [5.41, 5.74) is 3.14. The van der Waals surface area contributed by atoms with Crippen LogP contribution in [-0.4, -0.2) is 37.8 Å². The summed E-state index contributed by atoms with van der Waals surface area (Å²) in [7, 11) is 0. The van der Waals surface area contributed by atoms with Crippen LogP contribution in [-0.2, 0) is 11.3 Å². The molecule has 0 spiro atoms. The van der Waals surface area contributed by atoms with E-state index in [1.54, 1.807) is 24.7 Å². The first kappa shape index (κ1) is 13.2. The Kier molecular flexibility index (Phi) is 3.23. The molecule has 6 nitrogen and oxygen atoms in total. The van der Waals surface area contributed by atoms with Gasteiger partial charge in [0.2, 0.25) is 0 Å². The summed E-state index contributed by atoms with van der Waals surface area (Å²) in [5, 5.41) is 9.38. The number of benzene rings is 1. The van der Waals surface area contributed by atoms with E-state index in [1.807, 2.05) is 16.7 Å². The van der Waals surface area contributed by atoms with E-state index >= 15 is 0 Å². The van der Waals surface area contributed by atoms with Crippen LogP contribution in [0.3, 0.4) is 0 Å². The van der Waals surface area contributed by atoms with Crippen LogP contribution in [0.1, 0.15) is 6.42 Å². The van der Waals surface area contributed by atoms with Gasteiger partial charge in [0.05, 0.1) is 24.8 Å². The Bertz CT molecular complexity index is 792. The number of ether oxygens (including phenoxy) is 1. The minimum Gasteiger partial charge on any atom is -0.508 e. The molecule has 1 aliphatic rings. The van der Waals surface area contributed by atoms with E-state index in [0.29, 0.717) is 11.6 Å². The molecule has 1 aromatic carbocycles. The Morgan fingerprint density at radius 3 is 2.86 bits per heavy atom. The van der Waals surface area contributed by atoms with Gasteiger partial charge in [-0.05, 0) is 30.7 Å². The average Bonchev–Trinajstić information content (AvgIpc) is 3.18. The number of fused-ring (bicyclic) bond motifs is 1. The zero-order chi connectivity index (χ0) is 14.9. The number of nitrogens with zero attached hydrogens (tertiary/aromatic N) is 4. The highest BCUT2D eigenvalue weighted by molar-refractivity contribution is 5.71. The molecule has 1 atom stereocenters. The van der Waals surface area contributed by atoms with Crippen molar-refractivity contribution in [2.45, 2.75) is 13.0 Å². The van der Waals surface area contributed by atoms with Gasteiger partial charge >= 0.3 is 0 Å². The van der Waals surface area contributed by atoms with Gasteiger partial charge < -0.3 is 14.4 Å². The van der Waals surface area contributed by atoms with E-state index in [-0.39, 0.29) is 5.75 Å². The number of hydrogen-bond donors (Lipinski definition) is 1. The highest BCUT2D eigenvalue weighted by atomic mass is 16.5. The molecule has 2 aromatic heterocycles. The molecule has 1 unspecified atom stereocenters. The average molecular weight is 296 g/mol. The molecule has 6 heteroatoms. The summed E-state index contributed by atoms with van der Waals surface area (Å²) in [4.78, 5) is 13.4. The van der Waals surface area contributed by atoms with Gasteiger partial charge in [0.25, 0.3) is 0 Å². The Hall–Kier alpha value is -2.47. The molecule has 0 saturated carbocycles. The van der Waals surface area contributed by atoms with E-state index in [0.717, 1.165) is 43.1 Å². The van der Waals surface area contributed by atoms with Gasteiger partial charge in [0.1, 0.15) is 5.75 Å². The lowest BCUT2D eigenvalue weighted by molar-refractivity contribution is 0.182. The van der Waals surface area contributed by atoms with Gasteiger partial charge in [0.15, 0.2) is 11.3 Å². The number of rotatable bonds is 3. The topological polar surface area (TPSA) is 73.1 Å². The van der Waals surface area contributed by atoms with Crippen molar-refractivity contribution in [3.63, 3.8) is 0 Å². The zero-order valence-electron chi connectivity index (χ0n) is 12.0. The van der Waals surface area contributed by atoms with Crippen LogP contribution < -0.4 is 0 Å². The maximum absolute atomic E-state index is 9.38. The Balaban J connectivity index is 1.70. The smallest absolute Gasteiger partial charge is 0.197 e. The van der Waals surface area contributed by atoms with Gasteiger partial charge in [-0.25, -0.2) is 15.0 Å². The first-order valence-corrected chi connectivity index (χ1v) is 7.34. The Labute approximate surface area is 127 Å².